The summed E-state index contributed by atoms with van der Waals surface area (Å²) in [5, 5.41) is 4.00. The Kier molecular flexibility index (Phi) is 2.15. The second-order valence-corrected chi connectivity index (χ2v) is 4.62. The van der Waals surface area contributed by atoms with Gasteiger partial charge in [-0.2, -0.15) is 0 Å². The van der Waals surface area contributed by atoms with Crippen LogP contribution < -0.4 is 5.14 Å². The van der Waals surface area contributed by atoms with E-state index in [9.17, 15) is 17.2 Å². The van der Waals surface area contributed by atoms with E-state index >= 15 is 0 Å². The Morgan fingerprint density at radius 1 is 1.36 bits per heavy atom. The molecule has 0 unspecified atom stereocenters. The minimum Gasteiger partial charge on any atom is -0.228 e. The zero-order chi connectivity index (χ0) is 8.65. The van der Waals surface area contributed by atoms with Gasteiger partial charge in [0.1, 0.15) is 0 Å². The fourth-order valence-electron chi connectivity index (χ4n) is 1.08. The van der Waals surface area contributed by atoms with E-state index in [1.165, 1.54) is 0 Å². The van der Waals surface area contributed by atoms with Crippen LogP contribution in [0.1, 0.15) is 12.8 Å². The lowest BCUT2D eigenvalue weighted by Gasteiger charge is -2.32. The van der Waals surface area contributed by atoms with Crippen molar-refractivity contribution < 1.29 is 17.2 Å². The molecule has 0 radical (unpaired) electrons. The highest BCUT2D eigenvalue weighted by Crippen LogP contribution is 2.35. The van der Waals surface area contributed by atoms with Gasteiger partial charge >= 0.3 is 0 Å². The maximum absolute atomic E-state index is 11.8. The summed E-state index contributed by atoms with van der Waals surface area (Å²) in [5.74, 6) is -0.765. The van der Waals surface area contributed by atoms with Crippen molar-refractivity contribution in [2.24, 2.45) is 11.1 Å². The van der Waals surface area contributed by atoms with Crippen molar-refractivity contribution in [2.75, 3.05) is 0 Å². The minimum absolute atomic E-state index is 0.0104. The molecule has 0 bridgehead atoms. The lowest BCUT2D eigenvalue weighted by atomic mass is 9.85. The molecule has 0 aromatic carbocycles. The van der Waals surface area contributed by atoms with E-state index in [1.54, 1.807) is 0 Å². The third-order valence-electron chi connectivity index (χ3n) is 1.95. The number of alkyl halides is 2. The molecule has 1 rings (SSSR count). The van der Waals surface area contributed by atoms with E-state index < -0.39 is 27.6 Å². The molecule has 6 heteroatoms. The van der Waals surface area contributed by atoms with Gasteiger partial charge in [0.2, 0.25) is 16.4 Å². The Hall–Kier alpha value is -0.230. The Balaban J connectivity index is 2.42. The lowest BCUT2D eigenvalue weighted by Crippen LogP contribution is -2.42. The third-order valence-corrected chi connectivity index (χ3v) is 3.27. The van der Waals surface area contributed by atoms with Crippen molar-refractivity contribution in [3.63, 3.8) is 0 Å². The van der Waals surface area contributed by atoms with Gasteiger partial charge in [0, 0.05) is 5.92 Å². The van der Waals surface area contributed by atoms with Crippen LogP contribution in [0.25, 0.3) is 0 Å². The zero-order valence-corrected chi connectivity index (χ0v) is 6.52. The highest BCUT2D eigenvalue weighted by atomic mass is 32.2. The Morgan fingerprint density at radius 3 is 2.09 bits per heavy atom. The van der Waals surface area contributed by atoms with Crippen LogP contribution in [0, 0.1) is 5.92 Å². The zero-order valence-electron chi connectivity index (χ0n) is 5.70. The molecule has 3 nitrogen and oxygen atoms in total. The van der Waals surface area contributed by atoms with Crippen LogP contribution in [0.3, 0.4) is 0 Å². The maximum Gasteiger partial charge on any atom is 0.241 e. The molecule has 0 aliphatic heterocycles. The van der Waals surface area contributed by atoms with Crippen molar-refractivity contribution in [2.45, 2.75) is 24.5 Å². The molecule has 0 aromatic rings. The first-order chi connectivity index (χ1) is 4.91. The minimum atomic E-state index is -3.57. The van der Waals surface area contributed by atoms with Gasteiger partial charge < -0.3 is 0 Å². The molecule has 1 aliphatic carbocycles. The van der Waals surface area contributed by atoms with Crippen LogP contribution in [0.4, 0.5) is 8.78 Å². The predicted molar refractivity (Wildman–Crippen MR) is 35.6 cm³/mol. The van der Waals surface area contributed by atoms with E-state index in [-0.39, 0.29) is 12.8 Å². The average Bonchev–Trinajstić information content (AvgIpc) is 1.51. The number of hydrogen-bond donors (Lipinski definition) is 1. The van der Waals surface area contributed by atoms with Gasteiger partial charge in [0.05, 0.1) is 5.25 Å². The fourth-order valence-corrected chi connectivity index (χ4v) is 2.11. The molecule has 1 saturated carbocycles. The molecule has 0 heterocycles. The molecule has 2 N–H and O–H groups in total. The molecule has 1 fully saturated rings. The van der Waals surface area contributed by atoms with Gasteiger partial charge in [0.25, 0.3) is 0 Å². The smallest absolute Gasteiger partial charge is 0.228 e. The molecule has 0 saturated heterocycles. The Labute approximate surface area is 63.6 Å². The summed E-state index contributed by atoms with van der Waals surface area (Å²) in [6.45, 7) is 0. The van der Waals surface area contributed by atoms with Crippen molar-refractivity contribution in [3.8, 4) is 0 Å². The fraction of sp³-hybridized carbons (Fsp3) is 1.00. The molecular formula is C5H9F2NO2S. The Morgan fingerprint density at radius 2 is 1.82 bits per heavy atom. The van der Waals surface area contributed by atoms with Gasteiger partial charge in [-0.25, -0.2) is 22.3 Å². The van der Waals surface area contributed by atoms with Crippen molar-refractivity contribution in [1.29, 1.82) is 0 Å². The van der Waals surface area contributed by atoms with Crippen molar-refractivity contribution in [1.82, 2.24) is 0 Å². The summed E-state index contributed by atoms with van der Waals surface area (Å²) in [6.07, 6.45) is -2.39. The summed E-state index contributed by atoms with van der Waals surface area (Å²) < 4.78 is 44.6. The topological polar surface area (TPSA) is 60.2 Å². The molecule has 0 aromatic heterocycles. The van der Waals surface area contributed by atoms with Crippen LogP contribution in [-0.2, 0) is 10.0 Å². The van der Waals surface area contributed by atoms with E-state index in [4.69, 9.17) is 5.14 Å². The molecule has 11 heavy (non-hydrogen) atoms. The second-order valence-electron chi connectivity index (χ2n) is 2.78. The largest absolute Gasteiger partial charge is 0.241 e. The second kappa shape index (κ2) is 2.67. The number of hydrogen-bond acceptors (Lipinski definition) is 2. The number of nitrogens with two attached hydrogens (primary N) is 1. The standard InChI is InChI=1S/C5H9F2NO2S/c6-5(7)3-1-4(2-3)11(8,9)10/h3-5H,1-2H2,(H2,8,9,10). The van der Waals surface area contributed by atoms with Crippen LogP contribution in [-0.4, -0.2) is 20.1 Å². The third kappa shape index (κ3) is 1.87. The highest BCUT2D eigenvalue weighted by molar-refractivity contribution is 7.89. The Bertz CT molecular complexity index is 233. The van der Waals surface area contributed by atoms with E-state index in [1.807, 2.05) is 0 Å². The quantitative estimate of drug-likeness (QED) is 0.673. The van der Waals surface area contributed by atoms with Gasteiger partial charge in [-0.15, -0.1) is 0 Å². The summed E-state index contributed by atoms with van der Waals surface area (Å²) in [5.41, 5.74) is 0. The van der Waals surface area contributed by atoms with E-state index in [0.29, 0.717) is 0 Å². The van der Waals surface area contributed by atoms with Crippen LogP contribution in [0.2, 0.25) is 0 Å². The average molecular weight is 185 g/mol. The van der Waals surface area contributed by atoms with Gasteiger partial charge in [-0.05, 0) is 12.8 Å². The van der Waals surface area contributed by atoms with Crippen molar-refractivity contribution >= 4 is 10.0 Å². The summed E-state index contributed by atoms with van der Waals surface area (Å²) in [6, 6.07) is 0. The predicted octanol–water partition coefficient (Wildman–Crippen LogP) is 0.319. The van der Waals surface area contributed by atoms with E-state index in [0.717, 1.165) is 0 Å². The van der Waals surface area contributed by atoms with Crippen LogP contribution in [0.5, 0.6) is 0 Å². The van der Waals surface area contributed by atoms with Crippen molar-refractivity contribution in [3.05, 3.63) is 0 Å². The monoisotopic (exact) mass is 185 g/mol. The summed E-state index contributed by atoms with van der Waals surface area (Å²) >= 11 is 0. The van der Waals surface area contributed by atoms with Crippen LogP contribution in [0.15, 0.2) is 0 Å². The molecule has 0 amide bonds. The summed E-state index contributed by atoms with van der Waals surface area (Å²) in [7, 11) is -3.57. The first kappa shape index (κ1) is 8.86. The van der Waals surface area contributed by atoms with Gasteiger partial charge in [0.15, 0.2) is 0 Å². The number of sulfonamides is 1. The SMILES string of the molecule is NS(=O)(=O)C1CC(C(F)F)C1. The molecular weight excluding hydrogens is 176 g/mol. The number of primary sulfonamides is 1. The molecule has 0 spiro atoms. The van der Waals surface area contributed by atoms with Gasteiger partial charge in [-0.1, -0.05) is 0 Å². The number of rotatable bonds is 2. The molecule has 0 atom stereocenters. The van der Waals surface area contributed by atoms with Crippen LogP contribution >= 0.6 is 0 Å². The number of halogens is 2. The van der Waals surface area contributed by atoms with E-state index in [2.05, 4.69) is 0 Å². The normalized spacial score (nSPS) is 32.0. The molecule has 66 valence electrons. The highest BCUT2D eigenvalue weighted by Gasteiger charge is 2.41. The first-order valence-corrected chi connectivity index (χ1v) is 4.82. The lowest BCUT2D eigenvalue weighted by molar-refractivity contribution is 0.0364. The van der Waals surface area contributed by atoms with Gasteiger partial charge in [-0.3, -0.25) is 0 Å². The maximum atomic E-state index is 11.8. The first-order valence-electron chi connectivity index (χ1n) is 3.21. The summed E-state index contributed by atoms with van der Waals surface area (Å²) in [4.78, 5) is 0. The molecule has 1 aliphatic rings.